The maximum Gasteiger partial charge on any atom is 0.151 e. The third-order valence-electron chi connectivity index (χ3n) is 2.58. The van der Waals surface area contributed by atoms with Gasteiger partial charge in [-0.05, 0) is 39.0 Å². The average Bonchev–Trinajstić information content (AvgIpc) is 2.16. The van der Waals surface area contributed by atoms with Crippen molar-refractivity contribution in [3.63, 3.8) is 0 Å². The number of ether oxygens (including phenoxy) is 1. The van der Waals surface area contributed by atoms with Crippen LogP contribution in [-0.2, 0) is 9.53 Å². The molecule has 2 unspecified atom stereocenters. The van der Waals surface area contributed by atoms with Crippen molar-refractivity contribution in [1.29, 1.82) is 0 Å². The van der Waals surface area contributed by atoms with Crippen molar-refractivity contribution in [1.82, 2.24) is 0 Å². The standard InChI is InChI=1S/C10H18O3/c1-9(12)4-6-10(8-11)5-2-3-7-13-10/h8-9,12H,2-7H2,1H3. The fourth-order valence-corrected chi connectivity index (χ4v) is 1.68. The molecule has 0 radical (unpaired) electrons. The number of aldehydes is 1. The zero-order chi connectivity index (χ0) is 9.73. The second kappa shape index (κ2) is 4.72. The van der Waals surface area contributed by atoms with Gasteiger partial charge in [-0.1, -0.05) is 0 Å². The van der Waals surface area contributed by atoms with E-state index in [9.17, 15) is 4.79 Å². The van der Waals surface area contributed by atoms with Gasteiger partial charge in [0.2, 0.25) is 0 Å². The first-order valence-corrected chi connectivity index (χ1v) is 4.97. The van der Waals surface area contributed by atoms with Gasteiger partial charge >= 0.3 is 0 Å². The molecule has 0 aromatic heterocycles. The molecule has 1 aliphatic rings. The molecule has 13 heavy (non-hydrogen) atoms. The first-order valence-electron chi connectivity index (χ1n) is 4.97. The van der Waals surface area contributed by atoms with Gasteiger partial charge < -0.3 is 14.6 Å². The van der Waals surface area contributed by atoms with Gasteiger partial charge in [-0.3, -0.25) is 0 Å². The van der Waals surface area contributed by atoms with E-state index >= 15 is 0 Å². The summed E-state index contributed by atoms with van der Waals surface area (Å²) in [5.41, 5.74) is -0.588. The molecule has 1 heterocycles. The van der Waals surface area contributed by atoms with Gasteiger partial charge in [-0.25, -0.2) is 0 Å². The van der Waals surface area contributed by atoms with E-state index in [1.54, 1.807) is 6.92 Å². The summed E-state index contributed by atoms with van der Waals surface area (Å²) in [7, 11) is 0. The molecule has 1 fully saturated rings. The van der Waals surface area contributed by atoms with Crippen molar-refractivity contribution in [2.24, 2.45) is 0 Å². The van der Waals surface area contributed by atoms with Crippen molar-refractivity contribution in [2.45, 2.75) is 50.7 Å². The Balaban J connectivity index is 2.42. The lowest BCUT2D eigenvalue weighted by atomic mass is 9.90. The molecule has 76 valence electrons. The third-order valence-corrected chi connectivity index (χ3v) is 2.58. The van der Waals surface area contributed by atoms with Crippen LogP contribution < -0.4 is 0 Å². The molecule has 3 nitrogen and oxygen atoms in total. The summed E-state index contributed by atoms with van der Waals surface area (Å²) in [6, 6.07) is 0. The van der Waals surface area contributed by atoms with E-state index in [1.807, 2.05) is 0 Å². The number of aliphatic hydroxyl groups is 1. The smallest absolute Gasteiger partial charge is 0.151 e. The van der Waals surface area contributed by atoms with Gasteiger partial charge in [0.1, 0.15) is 5.60 Å². The lowest BCUT2D eigenvalue weighted by Gasteiger charge is -2.32. The van der Waals surface area contributed by atoms with Gasteiger partial charge in [0.25, 0.3) is 0 Å². The Morgan fingerprint density at radius 3 is 2.85 bits per heavy atom. The molecule has 0 aromatic rings. The summed E-state index contributed by atoms with van der Waals surface area (Å²) in [6.07, 6.45) is 4.76. The van der Waals surface area contributed by atoms with Gasteiger partial charge in [0, 0.05) is 6.61 Å². The van der Waals surface area contributed by atoms with Gasteiger partial charge in [-0.2, -0.15) is 0 Å². The number of carbonyl (C=O) groups is 1. The highest BCUT2D eigenvalue weighted by Crippen LogP contribution is 2.27. The monoisotopic (exact) mass is 186 g/mol. The quantitative estimate of drug-likeness (QED) is 0.673. The Morgan fingerprint density at radius 2 is 2.38 bits per heavy atom. The van der Waals surface area contributed by atoms with Crippen LogP contribution in [0.2, 0.25) is 0 Å². The summed E-state index contributed by atoms with van der Waals surface area (Å²) in [6.45, 7) is 2.42. The Morgan fingerprint density at radius 1 is 1.62 bits per heavy atom. The molecule has 1 aliphatic heterocycles. The number of rotatable bonds is 4. The largest absolute Gasteiger partial charge is 0.393 e. The topological polar surface area (TPSA) is 46.5 Å². The first kappa shape index (κ1) is 10.7. The van der Waals surface area contributed by atoms with E-state index < -0.39 is 5.60 Å². The highest BCUT2D eigenvalue weighted by molar-refractivity contribution is 5.62. The van der Waals surface area contributed by atoms with Crippen LogP contribution in [0.25, 0.3) is 0 Å². The van der Waals surface area contributed by atoms with Crippen molar-refractivity contribution in [3.8, 4) is 0 Å². The highest BCUT2D eigenvalue weighted by Gasteiger charge is 2.32. The molecule has 1 saturated heterocycles. The van der Waals surface area contributed by atoms with E-state index in [1.165, 1.54) is 0 Å². The van der Waals surface area contributed by atoms with Crippen LogP contribution >= 0.6 is 0 Å². The molecule has 0 saturated carbocycles. The third kappa shape index (κ3) is 3.08. The summed E-state index contributed by atoms with van der Waals surface area (Å²) in [4.78, 5) is 10.9. The molecule has 1 N–H and O–H groups in total. The summed E-state index contributed by atoms with van der Waals surface area (Å²) >= 11 is 0. The molecule has 0 amide bonds. The molecule has 0 spiro atoms. The fourth-order valence-electron chi connectivity index (χ4n) is 1.68. The SMILES string of the molecule is CC(O)CCC1(C=O)CCCCO1. The minimum absolute atomic E-state index is 0.345. The first-order chi connectivity index (χ1) is 6.18. The minimum atomic E-state index is -0.588. The Hall–Kier alpha value is -0.410. The van der Waals surface area contributed by atoms with E-state index in [0.717, 1.165) is 25.5 Å². The van der Waals surface area contributed by atoms with Crippen LogP contribution in [0.5, 0.6) is 0 Å². The molecular weight excluding hydrogens is 168 g/mol. The normalized spacial score (nSPS) is 31.2. The maximum absolute atomic E-state index is 10.9. The summed E-state index contributed by atoms with van der Waals surface area (Å²) in [5, 5.41) is 9.12. The molecule has 2 atom stereocenters. The van der Waals surface area contributed by atoms with Gasteiger partial charge in [0.15, 0.2) is 6.29 Å². The number of carbonyl (C=O) groups excluding carboxylic acids is 1. The fraction of sp³-hybridized carbons (Fsp3) is 0.900. The summed E-state index contributed by atoms with van der Waals surface area (Å²) in [5.74, 6) is 0. The molecule has 0 bridgehead atoms. The van der Waals surface area contributed by atoms with Gasteiger partial charge in [-0.15, -0.1) is 0 Å². The zero-order valence-corrected chi connectivity index (χ0v) is 8.16. The minimum Gasteiger partial charge on any atom is -0.393 e. The molecule has 3 heteroatoms. The van der Waals surface area contributed by atoms with Crippen LogP contribution in [0.4, 0.5) is 0 Å². The Bertz CT molecular complexity index is 160. The number of hydrogen-bond acceptors (Lipinski definition) is 3. The Kier molecular flexibility index (Phi) is 3.88. The van der Waals surface area contributed by atoms with Gasteiger partial charge in [0.05, 0.1) is 6.10 Å². The molecule has 1 rings (SSSR count). The van der Waals surface area contributed by atoms with E-state index in [2.05, 4.69) is 0 Å². The molecule has 0 aromatic carbocycles. The lowest BCUT2D eigenvalue weighted by Crippen LogP contribution is -2.38. The average molecular weight is 186 g/mol. The van der Waals surface area contributed by atoms with Crippen molar-refractivity contribution < 1.29 is 14.6 Å². The second-order valence-electron chi connectivity index (χ2n) is 3.88. The zero-order valence-electron chi connectivity index (χ0n) is 8.16. The van der Waals surface area contributed by atoms with Crippen LogP contribution in [0.15, 0.2) is 0 Å². The van der Waals surface area contributed by atoms with Crippen molar-refractivity contribution >= 4 is 6.29 Å². The predicted octanol–water partition coefficient (Wildman–Crippen LogP) is 1.29. The van der Waals surface area contributed by atoms with Crippen molar-refractivity contribution in [3.05, 3.63) is 0 Å². The molecular formula is C10H18O3. The molecule has 0 aliphatic carbocycles. The van der Waals surface area contributed by atoms with Crippen LogP contribution in [0.3, 0.4) is 0 Å². The highest BCUT2D eigenvalue weighted by atomic mass is 16.5. The van der Waals surface area contributed by atoms with E-state index in [-0.39, 0.29) is 6.10 Å². The Labute approximate surface area is 79.1 Å². The summed E-state index contributed by atoms with van der Waals surface area (Å²) < 4.78 is 5.49. The van der Waals surface area contributed by atoms with E-state index in [0.29, 0.717) is 19.4 Å². The number of aliphatic hydroxyl groups excluding tert-OH is 1. The van der Waals surface area contributed by atoms with Crippen molar-refractivity contribution in [2.75, 3.05) is 6.61 Å². The van der Waals surface area contributed by atoms with Crippen LogP contribution in [0.1, 0.15) is 39.0 Å². The van der Waals surface area contributed by atoms with Crippen LogP contribution in [-0.4, -0.2) is 29.7 Å². The van der Waals surface area contributed by atoms with Crippen LogP contribution in [0, 0.1) is 0 Å². The number of hydrogen-bond donors (Lipinski definition) is 1. The maximum atomic E-state index is 10.9. The second-order valence-corrected chi connectivity index (χ2v) is 3.88. The van der Waals surface area contributed by atoms with E-state index in [4.69, 9.17) is 9.84 Å². The lowest BCUT2D eigenvalue weighted by molar-refractivity contribution is -0.139. The predicted molar refractivity (Wildman–Crippen MR) is 49.5 cm³/mol.